The molecule has 3 aromatic heterocycles. The third-order valence-electron chi connectivity index (χ3n) is 5.30. The van der Waals surface area contributed by atoms with E-state index < -0.39 is 57.5 Å². The third-order valence-corrected chi connectivity index (χ3v) is 5.30. The number of hydrogen-bond donors (Lipinski definition) is 3. The Morgan fingerprint density at radius 1 is 1.21 bits per heavy atom. The summed E-state index contributed by atoms with van der Waals surface area (Å²) in [5, 5.41) is 12.8. The first-order valence-corrected chi connectivity index (χ1v) is 9.83. The second-order valence-corrected chi connectivity index (χ2v) is 7.44. The molecular formula is C20H18F3N7O4. The summed E-state index contributed by atoms with van der Waals surface area (Å²) in [6.45, 7) is 0.351. The first kappa shape index (κ1) is 23.0. The molecule has 14 heteroatoms. The summed E-state index contributed by atoms with van der Waals surface area (Å²) < 4.78 is 44.2. The second-order valence-electron chi connectivity index (χ2n) is 7.44. The maximum Gasteiger partial charge on any atom is 0.341 e. The van der Waals surface area contributed by atoms with Gasteiger partial charge in [-0.05, 0) is 6.07 Å². The Kier molecular flexibility index (Phi) is 5.83. The van der Waals surface area contributed by atoms with Crippen LogP contribution < -0.4 is 21.8 Å². The van der Waals surface area contributed by atoms with Crippen molar-refractivity contribution in [1.29, 1.82) is 0 Å². The number of halogens is 3. The van der Waals surface area contributed by atoms with E-state index >= 15 is 4.39 Å². The standard InChI is InChI=1S/C20H18F3N7O4/c1-34-28-14-2-3-29(7-13(14)24)18-11(22)4-8-15(31)9(20(32)33)6-30(17(8)27-18)19-12(23)5-10(21)16(25)26-19/h4-6,13H,2-3,7,24H2,1H3,(H2,25,26)(H,32,33)/b28-14+. The highest BCUT2D eigenvalue weighted by Gasteiger charge is 2.28. The lowest BCUT2D eigenvalue weighted by molar-refractivity contribution is 0.0695. The molecule has 178 valence electrons. The van der Waals surface area contributed by atoms with Crippen molar-refractivity contribution < 1.29 is 27.9 Å². The summed E-state index contributed by atoms with van der Waals surface area (Å²) in [5.74, 6) is -6.43. The zero-order chi connectivity index (χ0) is 24.7. The average Bonchev–Trinajstić information content (AvgIpc) is 2.78. The molecule has 0 spiro atoms. The zero-order valence-electron chi connectivity index (χ0n) is 17.6. The number of oxime groups is 1. The molecule has 1 saturated heterocycles. The number of piperidine rings is 1. The number of pyridine rings is 3. The van der Waals surface area contributed by atoms with Crippen LogP contribution in [-0.2, 0) is 4.84 Å². The molecular weight excluding hydrogens is 459 g/mol. The Labute approximate surface area is 189 Å². The lowest BCUT2D eigenvalue weighted by Gasteiger charge is -2.32. The summed E-state index contributed by atoms with van der Waals surface area (Å²) in [5.41, 5.74) is 9.94. The summed E-state index contributed by atoms with van der Waals surface area (Å²) in [6, 6.07) is 0.656. The highest BCUT2D eigenvalue weighted by molar-refractivity contribution is 5.93. The van der Waals surface area contributed by atoms with E-state index in [1.54, 1.807) is 0 Å². The van der Waals surface area contributed by atoms with Crippen LogP contribution in [0.15, 0.2) is 28.3 Å². The first-order valence-electron chi connectivity index (χ1n) is 9.83. The Hall–Kier alpha value is -4.20. The number of nitrogens with zero attached hydrogens (tertiary/aromatic N) is 5. The molecule has 4 heterocycles. The van der Waals surface area contributed by atoms with E-state index in [1.165, 1.54) is 12.0 Å². The van der Waals surface area contributed by atoms with Gasteiger partial charge in [-0.15, -0.1) is 0 Å². The lowest BCUT2D eigenvalue weighted by atomic mass is 10.0. The maximum atomic E-state index is 15.1. The van der Waals surface area contributed by atoms with E-state index in [0.717, 1.165) is 16.8 Å². The van der Waals surface area contributed by atoms with E-state index in [-0.39, 0.29) is 24.6 Å². The average molecular weight is 477 g/mol. The van der Waals surface area contributed by atoms with Crippen LogP contribution in [0.3, 0.4) is 0 Å². The van der Waals surface area contributed by atoms with Crippen molar-refractivity contribution in [3.63, 3.8) is 0 Å². The van der Waals surface area contributed by atoms with Gasteiger partial charge in [-0.2, -0.15) is 0 Å². The van der Waals surface area contributed by atoms with Gasteiger partial charge in [0.2, 0.25) is 5.43 Å². The number of carboxylic acid groups (broad SMARTS) is 1. The molecule has 3 aromatic rings. The topological polar surface area (TPSA) is 162 Å². The molecule has 0 radical (unpaired) electrons. The molecule has 4 rings (SSSR count). The monoisotopic (exact) mass is 477 g/mol. The highest BCUT2D eigenvalue weighted by atomic mass is 19.1. The number of nitrogen functional groups attached to an aromatic ring is 1. The van der Waals surface area contributed by atoms with E-state index in [1.807, 2.05) is 0 Å². The van der Waals surface area contributed by atoms with Gasteiger partial charge in [0.05, 0.1) is 17.1 Å². The molecule has 0 aliphatic carbocycles. The zero-order valence-corrected chi connectivity index (χ0v) is 17.6. The van der Waals surface area contributed by atoms with Crippen molar-refractivity contribution in [1.82, 2.24) is 14.5 Å². The maximum absolute atomic E-state index is 15.1. The Bertz CT molecular complexity index is 1410. The van der Waals surface area contributed by atoms with Crippen LogP contribution in [0.5, 0.6) is 0 Å². The summed E-state index contributed by atoms with van der Waals surface area (Å²) >= 11 is 0. The molecule has 34 heavy (non-hydrogen) atoms. The van der Waals surface area contributed by atoms with Gasteiger partial charge in [-0.1, -0.05) is 5.16 Å². The minimum Gasteiger partial charge on any atom is -0.477 e. The number of aromatic nitrogens is 3. The van der Waals surface area contributed by atoms with E-state index in [2.05, 4.69) is 15.1 Å². The molecule has 0 bridgehead atoms. The fraction of sp³-hybridized carbons (Fsp3) is 0.250. The predicted molar refractivity (Wildman–Crippen MR) is 116 cm³/mol. The predicted octanol–water partition coefficient (Wildman–Crippen LogP) is 1.02. The van der Waals surface area contributed by atoms with Gasteiger partial charge in [0.25, 0.3) is 0 Å². The number of carboxylic acids is 1. The number of fused-ring (bicyclic) bond motifs is 1. The fourth-order valence-electron chi connectivity index (χ4n) is 3.68. The van der Waals surface area contributed by atoms with Crippen LogP contribution >= 0.6 is 0 Å². The SMILES string of the molecule is CO/N=C1\CCN(c2nc3c(cc2F)c(=O)c(C(=O)O)cn3-c2nc(N)c(F)cc2F)CC1N. The van der Waals surface area contributed by atoms with Gasteiger partial charge in [0.15, 0.2) is 40.6 Å². The van der Waals surface area contributed by atoms with E-state index in [4.69, 9.17) is 16.3 Å². The summed E-state index contributed by atoms with van der Waals surface area (Å²) in [4.78, 5) is 38.4. The smallest absolute Gasteiger partial charge is 0.341 e. The number of nitrogens with two attached hydrogens (primary N) is 2. The second kappa shape index (κ2) is 8.62. The van der Waals surface area contributed by atoms with Gasteiger partial charge >= 0.3 is 5.97 Å². The van der Waals surface area contributed by atoms with Crippen molar-refractivity contribution in [2.75, 3.05) is 30.8 Å². The molecule has 11 nitrogen and oxygen atoms in total. The van der Waals surface area contributed by atoms with Crippen molar-refractivity contribution >= 4 is 34.4 Å². The summed E-state index contributed by atoms with van der Waals surface area (Å²) in [7, 11) is 1.37. The Balaban J connectivity index is 1.96. The van der Waals surface area contributed by atoms with E-state index in [9.17, 15) is 23.5 Å². The molecule has 1 aliphatic heterocycles. The molecule has 0 aromatic carbocycles. The van der Waals surface area contributed by atoms with Gasteiger partial charge < -0.3 is 26.3 Å². The van der Waals surface area contributed by atoms with Crippen LogP contribution in [0, 0.1) is 17.5 Å². The van der Waals surface area contributed by atoms with Crippen LogP contribution in [0.4, 0.5) is 24.8 Å². The molecule has 1 fully saturated rings. The van der Waals surface area contributed by atoms with Gasteiger partial charge in [0.1, 0.15) is 12.7 Å². The number of hydrogen-bond acceptors (Lipinski definition) is 9. The molecule has 1 aliphatic rings. The number of aromatic carboxylic acids is 1. The van der Waals surface area contributed by atoms with Gasteiger partial charge in [-0.25, -0.2) is 27.9 Å². The quantitative estimate of drug-likeness (QED) is 0.466. The number of carbonyl (C=O) groups is 1. The highest BCUT2D eigenvalue weighted by Crippen LogP contribution is 2.26. The van der Waals surface area contributed by atoms with Gasteiger partial charge in [0, 0.05) is 31.8 Å². The van der Waals surface area contributed by atoms with Crippen molar-refractivity contribution in [3.05, 3.63) is 51.6 Å². The third kappa shape index (κ3) is 3.87. The molecule has 1 unspecified atom stereocenters. The Morgan fingerprint density at radius 2 is 1.91 bits per heavy atom. The lowest BCUT2D eigenvalue weighted by Crippen LogP contribution is -2.49. The summed E-state index contributed by atoms with van der Waals surface area (Å²) in [6.07, 6.45) is 1.11. The molecule has 1 atom stereocenters. The van der Waals surface area contributed by atoms with Crippen molar-refractivity contribution in [2.45, 2.75) is 12.5 Å². The van der Waals surface area contributed by atoms with Crippen LogP contribution in [0.1, 0.15) is 16.8 Å². The Morgan fingerprint density at radius 3 is 2.56 bits per heavy atom. The number of rotatable bonds is 4. The largest absolute Gasteiger partial charge is 0.477 e. The fourth-order valence-corrected chi connectivity index (χ4v) is 3.68. The van der Waals surface area contributed by atoms with Gasteiger partial charge in [-0.3, -0.25) is 9.36 Å². The molecule has 0 saturated carbocycles. The first-order chi connectivity index (χ1) is 16.1. The van der Waals surface area contributed by atoms with E-state index in [0.29, 0.717) is 18.2 Å². The van der Waals surface area contributed by atoms with Crippen molar-refractivity contribution in [2.24, 2.45) is 10.9 Å². The molecule has 5 N–H and O–H groups in total. The molecule has 0 amide bonds. The normalized spacial score (nSPS) is 17.4. The minimum atomic E-state index is -1.65. The minimum absolute atomic E-state index is 0.102. The number of anilines is 2. The van der Waals surface area contributed by atoms with Crippen LogP contribution in [-0.4, -0.2) is 57.6 Å². The van der Waals surface area contributed by atoms with Crippen LogP contribution in [0.25, 0.3) is 16.9 Å². The van der Waals surface area contributed by atoms with Crippen LogP contribution in [0.2, 0.25) is 0 Å². The van der Waals surface area contributed by atoms with Crippen molar-refractivity contribution in [3.8, 4) is 5.82 Å².